The van der Waals surface area contributed by atoms with Gasteiger partial charge < -0.3 is 4.74 Å². The molecule has 0 bridgehead atoms. The van der Waals surface area contributed by atoms with Gasteiger partial charge in [0.1, 0.15) is 6.73 Å². The fraction of sp³-hybridized carbons (Fsp3) is 0.375. The summed E-state index contributed by atoms with van der Waals surface area (Å²) in [6.45, 7) is 2.83. The zero-order valence-corrected chi connectivity index (χ0v) is 6.41. The maximum atomic E-state index is 11.0. The van der Waals surface area contributed by atoms with E-state index in [1.807, 2.05) is 6.92 Å². The zero-order chi connectivity index (χ0) is 8.10. The van der Waals surface area contributed by atoms with Crippen molar-refractivity contribution in [2.24, 2.45) is 0 Å². The summed E-state index contributed by atoms with van der Waals surface area (Å²) in [5.41, 5.74) is -0.0825. The summed E-state index contributed by atoms with van der Waals surface area (Å²) in [5, 5.41) is 0. The largest absolute Gasteiger partial charge is 0.361 e. The number of hydrogen-bond acceptors (Lipinski definition) is 2. The third-order valence-electron chi connectivity index (χ3n) is 1.28. The van der Waals surface area contributed by atoms with E-state index in [1.165, 1.54) is 10.6 Å². The quantitative estimate of drug-likeness (QED) is 0.636. The lowest BCUT2D eigenvalue weighted by Gasteiger charge is -2.02. The number of aromatic nitrogens is 1. The third-order valence-corrected chi connectivity index (χ3v) is 1.28. The fourth-order valence-electron chi connectivity index (χ4n) is 0.705. The molecule has 0 aromatic carbocycles. The first-order chi connectivity index (χ1) is 5.34. The van der Waals surface area contributed by atoms with Gasteiger partial charge in [0.25, 0.3) is 5.56 Å². The van der Waals surface area contributed by atoms with E-state index >= 15 is 0 Å². The lowest BCUT2D eigenvalue weighted by atomic mass is 10.5. The van der Waals surface area contributed by atoms with Gasteiger partial charge in [-0.25, -0.2) is 0 Å². The first-order valence-electron chi connectivity index (χ1n) is 3.49. The van der Waals surface area contributed by atoms with Crippen LogP contribution in [-0.2, 0) is 11.5 Å². The Morgan fingerprint density at radius 1 is 1.73 bits per heavy atom. The van der Waals surface area contributed by atoms with E-state index in [-0.39, 0.29) is 5.56 Å². The van der Waals surface area contributed by atoms with Crippen LogP contribution < -0.4 is 5.56 Å². The van der Waals surface area contributed by atoms with E-state index in [0.29, 0.717) is 13.3 Å². The van der Waals surface area contributed by atoms with Crippen molar-refractivity contribution in [1.29, 1.82) is 0 Å². The molecule has 1 radical (unpaired) electrons. The second-order valence-electron chi connectivity index (χ2n) is 2.06. The number of ether oxygens (including phenoxy) is 1. The van der Waals surface area contributed by atoms with Crippen LogP contribution in [0.3, 0.4) is 0 Å². The van der Waals surface area contributed by atoms with Crippen LogP contribution in [0.25, 0.3) is 0 Å². The Morgan fingerprint density at radius 2 is 2.55 bits per heavy atom. The summed E-state index contributed by atoms with van der Waals surface area (Å²) in [7, 11) is 0. The van der Waals surface area contributed by atoms with E-state index in [4.69, 9.17) is 4.74 Å². The molecule has 0 aliphatic heterocycles. The topological polar surface area (TPSA) is 31.2 Å². The van der Waals surface area contributed by atoms with Crippen molar-refractivity contribution in [1.82, 2.24) is 4.57 Å². The summed E-state index contributed by atoms with van der Waals surface area (Å²) in [4.78, 5) is 11.0. The van der Waals surface area contributed by atoms with Gasteiger partial charge in [0.15, 0.2) is 0 Å². The van der Waals surface area contributed by atoms with E-state index in [0.717, 1.165) is 0 Å². The minimum Gasteiger partial charge on any atom is -0.361 e. The monoisotopic (exact) mass is 152 g/mol. The SMILES string of the molecule is CCOCn1cc[c]cc1=O. The van der Waals surface area contributed by atoms with Crippen LogP contribution in [0.4, 0.5) is 0 Å². The molecule has 0 saturated carbocycles. The molecule has 1 aromatic heterocycles. The average molecular weight is 152 g/mol. The molecule has 0 atom stereocenters. The molecule has 0 N–H and O–H groups in total. The molecule has 3 nitrogen and oxygen atoms in total. The van der Waals surface area contributed by atoms with Gasteiger partial charge in [-0.2, -0.15) is 0 Å². The molecule has 11 heavy (non-hydrogen) atoms. The second kappa shape index (κ2) is 3.93. The van der Waals surface area contributed by atoms with Crippen molar-refractivity contribution in [3.63, 3.8) is 0 Å². The van der Waals surface area contributed by atoms with Crippen LogP contribution >= 0.6 is 0 Å². The molecule has 0 amide bonds. The number of rotatable bonds is 3. The highest BCUT2D eigenvalue weighted by atomic mass is 16.5. The summed E-state index contributed by atoms with van der Waals surface area (Å²) >= 11 is 0. The average Bonchev–Trinajstić information content (AvgIpc) is 2.03. The van der Waals surface area contributed by atoms with Crippen molar-refractivity contribution < 1.29 is 4.74 Å². The first-order valence-corrected chi connectivity index (χ1v) is 3.49. The predicted molar refractivity (Wildman–Crippen MR) is 41.2 cm³/mol. The molecular weight excluding hydrogens is 142 g/mol. The summed E-state index contributed by atoms with van der Waals surface area (Å²) in [6, 6.07) is 5.76. The standard InChI is InChI=1S/C8H10NO2/c1-2-11-7-9-6-4-3-5-8(9)10/h4-6H,2,7H2,1H3. The van der Waals surface area contributed by atoms with E-state index < -0.39 is 0 Å². The first kappa shape index (κ1) is 8.01. The molecular formula is C8H10NO2. The lowest BCUT2D eigenvalue weighted by Crippen LogP contribution is -2.19. The molecule has 1 rings (SSSR count). The van der Waals surface area contributed by atoms with Crippen LogP contribution in [0, 0.1) is 6.07 Å². The molecule has 0 aliphatic carbocycles. The van der Waals surface area contributed by atoms with Crippen molar-refractivity contribution in [2.45, 2.75) is 13.7 Å². The van der Waals surface area contributed by atoms with Crippen LogP contribution in [0.2, 0.25) is 0 Å². The Labute approximate surface area is 65.2 Å². The molecule has 0 fully saturated rings. The van der Waals surface area contributed by atoms with E-state index in [2.05, 4.69) is 6.07 Å². The van der Waals surface area contributed by atoms with Gasteiger partial charge in [0.2, 0.25) is 0 Å². The Balaban J connectivity index is 2.70. The molecule has 0 spiro atoms. The highest BCUT2D eigenvalue weighted by Crippen LogP contribution is 1.82. The predicted octanol–water partition coefficient (Wildman–Crippen LogP) is 0.642. The maximum Gasteiger partial charge on any atom is 0.253 e. The molecule has 3 heteroatoms. The van der Waals surface area contributed by atoms with Gasteiger partial charge in [0.05, 0.1) is 0 Å². The minimum absolute atomic E-state index is 0.0825. The normalized spacial score (nSPS) is 9.91. The highest BCUT2D eigenvalue weighted by molar-refractivity contribution is 4.90. The number of hydrogen-bond donors (Lipinski definition) is 0. The number of pyridine rings is 1. The van der Waals surface area contributed by atoms with Gasteiger partial charge in [-0.05, 0) is 19.1 Å². The van der Waals surface area contributed by atoms with Gasteiger partial charge in [0, 0.05) is 18.9 Å². The van der Waals surface area contributed by atoms with Crippen LogP contribution in [0.5, 0.6) is 0 Å². The lowest BCUT2D eigenvalue weighted by molar-refractivity contribution is 0.0854. The second-order valence-corrected chi connectivity index (χ2v) is 2.06. The van der Waals surface area contributed by atoms with Crippen LogP contribution in [-0.4, -0.2) is 11.2 Å². The van der Waals surface area contributed by atoms with Gasteiger partial charge in [-0.15, -0.1) is 0 Å². The Bertz CT molecular complexity index is 267. The zero-order valence-electron chi connectivity index (χ0n) is 6.41. The Hall–Kier alpha value is -1.09. The molecule has 59 valence electrons. The van der Waals surface area contributed by atoms with Crippen molar-refractivity contribution in [3.8, 4) is 0 Å². The third kappa shape index (κ3) is 2.20. The van der Waals surface area contributed by atoms with Gasteiger partial charge in [-0.1, -0.05) is 0 Å². The minimum atomic E-state index is -0.0825. The Kier molecular flexibility index (Phi) is 2.86. The molecule has 0 unspecified atom stereocenters. The van der Waals surface area contributed by atoms with Gasteiger partial charge in [-0.3, -0.25) is 9.36 Å². The molecule has 0 saturated heterocycles. The molecule has 1 heterocycles. The molecule has 1 aromatic rings. The number of nitrogens with zero attached hydrogens (tertiary/aromatic N) is 1. The summed E-state index contributed by atoms with van der Waals surface area (Å²) in [5.74, 6) is 0. The maximum absolute atomic E-state index is 11.0. The van der Waals surface area contributed by atoms with Crippen LogP contribution in [0.1, 0.15) is 6.92 Å². The van der Waals surface area contributed by atoms with Crippen molar-refractivity contribution in [3.05, 3.63) is 34.7 Å². The smallest absolute Gasteiger partial charge is 0.253 e. The summed E-state index contributed by atoms with van der Waals surface area (Å²) < 4.78 is 6.54. The van der Waals surface area contributed by atoms with Gasteiger partial charge >= 0.3 is 0 Å². The van der Waals surface area contributed by atoms with Crippen molar-refractivity contribution >= 4 is 0 Å². The molecule has 0 aliphatic rings. The fourth-order valence-corrected chi connectivity index (χ4v) is 0.705. The van der Waals surface area contributed by atoms with E-state index in [1.54, 1.807) is 12.3 Å². The Morgan fingerprint density at radius 3 is 3.18 bits per heavy atom. The van der Waals surface area contributed by atoms with E-state index in [9.17, 15) is 4.79 Å². The van der Waals surface area contributed by atoms with Crippen LogP contribution in [0.15, 0.2) is 23.1 Å². The highest BCUT2D eigenvalue weighted by Gasteiger charge is 1.90. The van der Waals surface area contributed by atoms with Crippen molar-refractivity contribution in [2.75, 3.05) is 6.61 Å². The summed E-state index contributed by atoms with van der Waals surface area (Å²) in [6.07, 6.45) is 1.65.